The van der Waals surface area contributed by atoms with Gasteiger partial charge in [-0.3, -0.25) is 14.6 Å². The van der Waals surface area contributed by atoms with Gasteiger partial charge in [-0.2, -0.15) is 0 Å². The van der Waals surface area contributed by atoms with Gasteiger partial charge in [0.05, 0.1) is 0 Å². The van der Waals surface area contributed by atoms with Crippen LogP contribution in [0.3, 0.4) is 0 Å². The highest BCUT2D eigenvalue weighted by Crippen LogP contribution is 2.26. The number of benzene rings is 2. The molecule has 2 aliphatic rings. The SMILES string of the molecule is O=C(C(c1ccccc1)N1CCCN(Cc2ccccc2)CC1)N1CCCC1. The Hall–Kier alpha value is -2.17. The molecule has 4 heteroatoms. The molecule has 2 heterocycles. The molecule has 0 saturated carbocycles. The lowest BCUT2D eigenvalue weighted by Crippen LogP contribution is -2.43. The van der Waals surface area contributed by atoms with E-state index >= 15 is 0 Å². The van der Waals surface area contributed by atoms with Gasteiger partial charge < -0.3 is 4.90 Å². The first-order chi connectivity index (χ1) is 13.8. The van der Waals surface area contributed by atoms with Crippen molar-refractivity contribution in [2.45, 2.75) is 31.8 Å². The van der Waals surface area contributed by atoms with Crippen LogP contribution in [0.25, 0.3) is 0 Å². The van der Waals surface area contributed by atoms with E-state index in [0.29, 0.717) is 5.91 Å². The van der Waals surface area contributed by atoms with Crippen LogP contribution in [-0.2, 0) is 11.3 Å². The largest absolute Gasteiger partial charge is 0.341 e. The fraction of sp³-hybridized carbons (Fsp3) is 0.458. The van der Waals surface area contributed by atoms with Crippen LogP contribution in [0.1, 0.15) is 36.4 Å². The molecule has 1 amide bonds. The second kappa shape index (κ2) is 9.35. The van der Waals surface area contributed by atoms with Crippen molar-refractivity contribution >= 4 is 5.91 Å². The van der Waals surface area contributed by atoms with Gasteiger partial charge in [0, 0.05) is 39.3 Å². The summed E-state index contributed by atoms with van der Waals surface area (Å²) < 4.78 is 0. The van der Waals surface area contributed by atoms with Crippen molar-refractivity contribution in [1.82, 2.24) is 14.7 Å². The van der Waals surface area contributed by atoms with Crippen molar-refractivity contribution < 1.29 is 4.79 Å². The monoisotopic (exact) mass is 377 g/mol. The summed E-state index contributed by atoms with van der Waals surface area (Å²) in [4.78, 5) is 20.4. The molecule has 0 radical (unpaired) electrons. The Morgan fingerprint density at radius 3 is 2.14 bits per heavy atom. The van der Waals surface area contributed by atoms with E-state index in [-0.39, 0.29) is 6.04 Å². The average molecular weight is 378 g/mol. The van der Waals surface area contributed by atoms with Gasteiger partial charge in [0.1, 0.15) is 6.04 Å². The van der Waals surface area contributed by atoms with Crippen LogP contribution in [0.5, 0.6) is 0 Å². The molecule has 4 rings (SSSR count). The van der Waals surface area contributed by atoms with E-state index in [1.165, 1.54) is 5.56 Å². The predicted octanol–water partition coefficient (Wildman–Crippen LogP) is 3.56. The predicted molar refractivity (Wildman–Crippen MR) is 113 cm³/mol. The van der Waals surface area contributed by atoms with Gasteiger partial charge in [-0.15, -0.1) is 0 Å². The lowest BCUT2D eigenvalue weighted by molar-refractivity contribution is -0.136. The molecule has 2 fully saturated rings. The molecule has 2 aromatic rings. The molecule has 2 saturated heterocycles. The zero-order valence-electron chi connectivity index (χ0n) is 16.7. The maximum Gasteiger partial charge on any atom is 0.244 e. The minimum Gasteiger partial charge on any atom is -0.341 e. The first kappa shape index (κ1) is 19.2. The molecule has 0 aliphatic carbocycles. The fourth-order valence-corrected chi connectivity index (χ4v) is 4.50. The van der Waals surface area contributed by atoms with E-state index in [9.17, 15) is 4.79 Å². The van der Waals surface area contributed by atoms with Gasteiger partial charge in [0.25, 0.3) is 0 Å². The highest BCUT2D eigenvalue weighted by Gasteiger charge is 2.33. The van der Waals surface area contributed by atoms with Gasteiger partial charge in [0.2, 0.25) is 5.91 Å². The Bertz CT molecular complexity index is 743. The minimum atomic E-state index is -0.143. The van der Waals surface area contributed by atoms with Gasteiger partial charge in [-0.25, -0.2) is 0 Å². The van der Waals surface area contributed by atoms with Gasteiger partial charge in [0.15, 0.2) is 0 Å². The van der Waals surface area contributed by atoms with E-state index in [0.717, 1.165) is 70.6 Å². The second-order valence-corrected chi connectivity index (χ2v) is 8.00. The zero-order valence-corrected chi connectivity index (χ0v) is 16.7. The minimum absolute atomic E-state index is 0.143. The molecule has 0 N–H and O–H groups in total. The highest BCUT2D eigenvalue weighted by atomic mass is 16.2. The Kier molecular flexibility index (Phi) is 6.40. The normalized spacial score (nSPS) is 20.1. The second-order valence-electron chi connectivity index (χ2n) is 8.00. The molecule has 2 aromatic carbocycles. The van der Waals surface area contributed by atoms with E-state index in [4.69, 9.17) is 0 Å². The Morgan fingerprint density at radius 2 is 1.43 bits per heavy atom. The number of rotatable bonds is 5. The molecular formula is C24H31N3O. The number of amides is 1. The summed E-state index contributed by atoms with van der Waals surface area (Å²) in [6.45, 7) is 6.82. The van der Waals surface area contributed by atoms with Crippen LogP contribution in [0.2, 0.25) is 0 Å². The summed E-state index contributed by atoms with van der Waals surface area (Å²) in [6.07, 6.45) is 3.37. The molecule has 0 aromatic heterocycles. The Balaban J connectivity index is 1.48. The smallest absolute Gasteiger partial charge is 0.244 e. The summed E-state index contributed by atoms with van der Waals surface area (Å²) >= 11 is 0. The molecule has 1 atom stereocenters. The quantitative estimate of drug-likeness (QED) is 0.797. The molecule has 0 bridgehead atoms. The first-order valence-electron chi connectivity index (χ1n) is 10.7. The van der Waals surface area contributed by atoms with Crippen LogP contribution in [-0.4, -0.2) is 59.9 Å². The van der Waals surface area contributed by atoms with Crippen molar-refractivity contribution in [2.24, 2.45) is 0 Å². The number of hydrogen-bond acceptors (Lipinski definition) is 3. The lowest BCUT2D eigenvalue weighted by Gasteiger charge is -2.33. The number of hydrogen-bond donors (Lipinski definition) is 0. The van der Waals surface area contributed by atoms with Crippen LogP contribution in [0, 0.1) is 0 Å². The Labute approximate surface area is 168 Å². The van der Waals surface area contributed by atoms with Crippen LogP contribution in [0.15, 0.2) is 60.7 Å². The van der Waals surface area contributed by atoms with Crippen LogP contribution < -0.4 is 0 Å². The van der Waals surface area contributed by atoms with E-state index in [1.807, 2.05) is 6.07 Å². The first-order valence-corrected chi connectivity index (χ1v) is 10.7. The summed E-state index contributed by atoms with van der Waals surface area (Å²) in [6, 6.07) is 20.9. The summed E-state index contributed by atoms with van der Waals surface area (Å²) in [7, 11) is 0. The summed E-state index contributed by atoms with van der Waals surface area (Å²) in [5.41, 5.74) is 2.50. The molecule has 1 unspecified atom stereocenters. The molecule has 0 spiro atoms. The average Bonchev–Trinajstić information content (AvgIpc) is 3.19. The fourth-order valence-electron chi connectivity index (χ4n) is 4.50. The maximum absolute atomic E-state index is 13.4. The van der Waals surface area contributed by atoms with Crippen molar-refractivity contribution in [1.29, 1.82) is 0 Å². The third kappa shape index (κ3) is 4.62. The molecule has 28 heavy (non-hydrogen) atoms. The molecule has 148 valence electrons. The van der Waals surface area contributed by atoms with Gasteiger partial charge in [-0.05, 0) is 36.9 Å². The van der Waals surface area contributed by atoms with Crippen LogP contribution >= 0.6 is 0 Å². The topological polar surface area (TPSA) is 26.8 Å². The Morgan fingerprint density at radius 1 is 0.750 bits per heavy atom. The van der Waals surface area contributed by atoms with Crippen LogP contribution in [0.4, 0.5) is 0 Å². The number of carbonyl (C=O) groups is 1. The maximum atomic E-state index is 13.4. The summed E-state index contributed by atoms with van der Waals surface area (Å²) in [5, 5.41) is 0. The summed E-state index contributed by atoms with van der Waals surface area (Å²) in [5.74, 6) is 0.292. The van der Waals surface area contributed by atoms with Gasteiger partial charge >= 0.3 is 0 Å². The number of carbonyl (C=O) groups excluding carboxylic acids is 1. The molecule has 2 aliphatic heterocycles. The highest BCUT2D eigenvalue weighted by molar-refractivity contribution is 5.83. The molecular weight excluding hydrogens is 346 g/mol. The van der Waals surface area contributed by atoms with Gasteiger partial charge in [-0.1, -0.05) is 60.7 Å². The number of nitrogens with zero attached hydrogens (tertiary/aromatic N) is 3. The van der Waals surface area contributed by atoms with E-state index < -0.39 is 0 Å². The third-order valence-electron chi connectivity index (χ3n) is 6.00. The third-order valence-corrected chi connectivity index (χ3v) is 6.00. The van der Waals surface area contributed by atoms with E-state index in [1.54, 1.807) is 0 Å². The van der Waals surface area contributed by atoms with Crippen molar-refractivity contribution in [3.8, 4) is 0 Å². The lowest BCUT2D eigenvalue weighted by atomic mass is 10.0. The molecule has 4 nitrogen and oxygen atoms in total. The van der Waals surface area contributed by atoms with Crippen molar-refractivity contribution in [3.63, 3.8) is 0 Å². The van der Waals surface area contributed by atoms with Crippen molar-refractivity contribution in [2.75, 3.05) is 39.3 Å². The van der Waals surface area contributed by atoms with E-state index in [2.05, 4.69) is 69.3 Å². The zero-order chi connectivity index (χ0) is 19.2. The van der Waals surface area contributed by atoms with Crippen molar-refractivity contribution in [3.05, 3.63) is 71.8 Å². The standard InChI is InChI=1S/C24H31N3O/c28-24(27-15-7-8-16-27)23(22-12-5-2-6-13-22)26-17-9-14-25(18-19-26)20-21-10-3-1-4-11-21/h1-6,10-13,23H,7-9,14-20H2. The number of likely N-dealkylation sites (tertiary alicyclic amines) is 1.